The first-order valence-electron chi connectivity index (χ1n) is 10.3. The van der Waals surface area contributed by atoms with E-state index in [0.29, 0.717) is 6.42 Å². The number of carbonyl (C=O) groups excluding carboxylic acids is 1. The highest BCUT2D eigenvalue weighted by Gasteiger charge is 2.31. The number of nitrogens with two attached hydrogens (primary N) is 1. The molecule has 0 saturated carbocycles. The van der Waals surface area contributed by atoms with Crippen LogP contribution in [0, 0.1) is 5.41 Å². The Hall–Kier alpha value is -3.78. The van der Waals surface area contributed by atoms with Crippen LogP contribution < -0.4 is 11.1 Å². The number of fused-ring (bicyclic) bond motifs is 2. The number of anilines is 1. The van der Waals surface area contributed by atoms with Gasteiger partial charge in [0.1, 0.15) is 0 Å². The molecule has 13 heteroatoms. The zero-order chi connectivity index (χ0) is 26.6. The van der Waals surface area contributed by atoms with E-state index in [1.807, 2.05) is 6.92 Å². The fourth-order valence-electron chi connectivity index (χ4n) is 4.10. The summed E-state index contributed by atoms with van der Waals surface area (Å²) >= 11 is 0. The van der Waals surface area contributed by atoms with Gasteiger partial charge in [-0.15, -0.1) is 0 Å². The highest BCUT2D eigenvalue weighted by molar-refractivity contribution is 7.86. The van der Waals surface area contributed by atoms with Crippen LogP contribution in [-0.4, -0.2) is 39.0 Å². The van der Waals surface area contributed by atoms with Crippen LogP contribution in [0.1, 0.15) is 22.8 Å². The number of carbonyl (C=O) groups is 1. The third-order valence-electron chi connectivity index (χ3n) is 5.68. The number of ether oxygens (including phenoxy) is 1. The average molecular weight is 533 g/mol. The quantitative estimate of drug-likeness (QED) is 0.128. The van der Waals surface area contributed by atoms with E-state index >= 15 is 0 Å². The lowest BCUT2D eigenvalue weighted by Crippen LogP contribution is -2.16. The summed E-state index contributed by atoms with van der Waals surface area (Å²) in [5.74, 6) is -1.30. The van der Waals surface area contributed by atoms with Crippen molar-refractivity contribution in [3.05, 3.63) is 58.9 Å². The Morgan fingerprint density at radius 3 is 2.25 bits per heavy atom. The topological polar surface area (TPSA) is 198 Å². The third kappa shape index (κ3) is 4.11. The van der Waals surface area contributed by atoms with Crippen LogP contribution in [0.5, 0.6) is 0 Å². The van der Waals surface area contributed by atoms with E-state index in [9.17, 15) is 30.7 Å². The Balaban J connectivity index is 2.39. The molecule has 1 aliphatic heterocycles. The summed E-state index contributed by atoms with van der Waals surface area (Å²) in [4.78, 5) is 10.9. The molecule has 1 aliphatic carbocycles. The minimum Gasteiger partial charge on any atom is -0.465 e. The van der Waals surface area contributed by atoms with Crippen molar-refractivity contribution in [2.75, 3.05) is 12.8 Å². The van der Waals surface area contributed by atoms with E-state index in [4.69, 9.17) is 20.3 Å². The molecule has 1 heterocycles. The Bertz CT molecular complexity index is 1810. The number of rotatable bonds is 5. The molecule has 36 heavy (non-hydrogen) atoms. The SMILES string of the molecule is CCc1ccc(C(=O)OC)c(-c2c3ccc(=N)c(S(=O)(=O)O)c-3oc3c(S(=O)(=O)O)c(N)ccc23)c1. The molecule has 0 fully saturated rings. The maximum atomic E-state index is 12.7. The molecule has 0 unspecified atom stereocenters. The van der Waals surface area contributed by atoms with E-state index in [1.165, 1.54) is 31.4 Å². The molecule has 5 N–H and O–H groups in total. The summed E-state index contributed by atoms with van der Waals surface area (Å²) in [5, 5.41) is 7.47. The third-order valence-corrected chi connectivity index (χ3v) is 7.54. The lowest BCUT2D eigenvalue weighted by Gasteiger charge is -2.20. The van der Waals surface area contributed by atoms with Gasteiger partial charge in [0, 0.05) is 16.5 Å². The fourth-order valence-corrected chi connectivity index (χ4v) is 5.59. The van der Waals surface area contributed by atoms with Crippen molar-refractivity contribution < 1.29 is 39.9 Å². The molecule has 0 saturated heterocycles. The van der Waals surface area contributed by atoms with Crippen molar-refractivity contribution in [3.63, 3.8) is 0 Å². The molecule has 0 radical (unpaired) electrons. The standard InChI is InChI=1S/C23H20N2O9S2/c1-3-11-4-5-12(23(26)33-2)15(10-11)18-13-6-8-16(24)21(35(27,28)29)19(13)34-20-14(18)7-9-17(25)22(20)36(30,31)32/h4-10,24H,3,25H2,1-2H3,(H,27,28,29)(H,30,31,32). The number of hydrogen-bond acceptors (Lipinski definition) is 9. The average Bonchev–Trinajstić information content (AvgIpc) is 2.79. The van der Waals surface area contributed by atoms with Crippen molar-refractivity contribution in [2.24, 2.45) is 0 Å². The van der Waals surface area contributed by atoms with Crippen molar-refractivity contribution in [1.82, 2.24) is 0 Å². The van der Waals surface area contributed by atoms with Crippen LogP contribution in [-0.2, 0) is 31.4 Å². The lowest BCUT2D eigenvalue weighted by molar-refractivity contribution is 0.0601. The van der Waals surface area contributed by atoms with Gasteiger partial charge in [0.25, 0.3) is 20.2 Å². The Labute approximate surface area is 205 Å². The van der Waals surface area contributed by atoms with E-state index < -0.39 is 58.4 Å². The maximum Gasteiger partial charge on any atom is 0.338 e. The predicted octanol–water partition coefficient (Wildman–Crippen LogP) is 3.11. The first-order valence-corrected chi connectivity index (χ1v) is 13.2. The Morgan fingerprint density at radius 1 is 1.00 bits per heavy atom. The number of benzene rings is 3. The van der Waals surface area contributed by atoms with Gasteiger partial charge in [-0.2, -0.15) is 16.8 Å². The number of methoxy groups -OCH3 is 1. The molecule has 0 spiro atoms. The number of aryl methyl sites for hydroxylation is 1. The molecule has 2 aromatic carbocycles. The van der Waals surface area contributed by atoms with Gasteiger partial charge < -0.3 is 14.9 Å². The molecular formula is C23H20N2O9S2. The first-order chi connectivity index (χ1) is 16.8. The Kier molecular flexibility index (Phi) is 6.12. The van der Waals surface area contributed by atoms with Crippen LogP contribution in [0.25, 0.3) is 33.4 Å². The van der Waals surface area contributed by atoms with Crippen LogP contribution in [0.4, 0.5) is 5.69 Å². The van der Waals surface area contributed by atoms with Gasteiger partial charge in [-0.25, -0.2) is 4.79 Å². The van der Waals surface area contributed by atoms with Gasteiger partial charge in [0.05, 0.1) is 23.7 Å². The summed E-state index contributed by atoms with van der Waals surface area (Å²) in [5.41, 5.74) is 6.14. The summed E-state index contributed by atoms with van der Waals surface area (Å²) in [6, 6.07) is 9.89. The molecule has 2 aliphatic rings. The van der Waals surface area contributed by atoms with Gasteiger partial charge in [-0.1, -0.05) is 19.1 Å². The van der Waals surface area contributed by atoms with Crippen LogP contribution in [0.3, 0.4) is 0 Å². The molecule has 0 bridgehead atoms. The van der Waals surface area contributed by atoms with Crippen molar-refractivity contribution in [3.8, 4) is 22.5 Å². The molecule has 2 aromatic rings. The van der Waals surface area contributed by atoms with Crippen LogP contribution in [0.2, 0.25) is 0 Å². The molecular weight excluding hydrogens is 512 g/mol. The van der Waals surface area contributed by atoms with Gasteiger partial charge in [0.2, 0.25) is 0 Å². The van der Waals surface area contributed by atoms with Crippen molar-refractivity contribution in [1.29, 1.82) is 5.41 Å². The number of nitrogens with one attached hydrogen (secondary N) is 1. The molecule has 0 atom stereocenters. The van der Waals surface area contributed by atoms with E-state index in [0.717, 1.165) is 11.6 Å². The maximum absolute atomic E-state index is 12.7. The number of esters is 1. The van der Waals surface area contributed by atoms with Gasteiger partial charge in [-0.05, 0) is 47.9 Å². The smallest absolute Gasteiger partial charge is 0.338 e. The molecule has 11 nitrogen and oxygen atoms in total. The molecule has 188 valence electrons. The number of nitrogen functional groups attached to an aromatic ring is 1. The second-order valence-corrected chi connectivity index (χ2v) is 10.5. The normalized spacial score (nSPS) is 12.2. The highest BCUT2D eigenvalue weighted by atomic mass is 32.2. The van der Waals surface area contributed by atoms with Gasteiger partial charge >= 0.3 is 5.97 Å². The monoisotopic (exact) mass is 532 g/mol. The second-order valence-electron chi connectivity index (χ2n) is 7.83. The lowest BCUT2D eigenvalue weighted by atomic mass is 9.89. The fraction of sp³-hybridized carbons (Fsp3) is 0.130. The van der Waals surface area contributed by atoms with Gasteiger partial charge in [0.15, 0.2) is 21.1 Å². The molecule has 0 amide bonds. The molecule has 0 aromatic heterocycles. The first kappa shape index (κ1) is 25.3. The van der Waals surface area contributed by atoms with E-state index in [2.05, 4.69) is 0 Å². The zero-order valence-electron chi connectivity index (χ0n) is 18.9. The van der Waals surface area contributed by atoms with Crippen molar-refractivity contribution in [2.45, 2.75) is 23.1 Å². The highest BCUT2D eigenvalue weighted by Crippen LogP contribution is 2.45. The number of hydrogen-bond donors (Lipinski definition) is 4. The van der Waals surface area contributed by atoms with Crippen LogP contribution >= 0.6 is 0 Å². The van der Waals surface area contributed by atoms with Crippen molar-refractivity contribution >= 4 is 42.9 Å². The summed E-state index contributed by atoms with van der Waals surface area (Å²) in [6.07, 6.45) is 0.553. The predicted molar refractivity (Wildman–Crippen MR) is 129 cm³/mol. The summed E-state index contributed by atoms with van der Waals surface area (Å²) in [6.45, 7) is 1.87. The zero-order valence-corrected chi connectivity index (χ0v) is 20.5. The van der Waals surface area contributed by atoms with E-state index in [-0.39, 0.29) is 27.6 Å². The van der Waals surface area contributed by atoms with E-state index in [1.54, 1.807) is 12.1 Å². The summed E-state index contributed by atoms with van der Waals surface area (Å²) in [7, 11) is -8.87. The largest absolute Gasteiger partial charge is 0.465 e. The molecule has 4 rings (SSSR count). The van der Waals surface area contributed by atoms with Gasteiger partial charge in [-0.3, -0.25) is 14.5 Å². The van der Waals surface area contributed by atoms with Crippen LogP contribution in [0.15, 0.2) is 56.7 Å². The minimum atomic E-state index is -5.05. The summed E-state index contributed by atoms with van der Waals surface area (Å²) < 4.78 is 79.3. The second kappa shape index (κ2) is 8.71. The Morgan fingerprint density at radius 2 is 1.67 bits per heavy atom. The minimum absolute atomic E-state index is 0.0376.